The van der Waals surface area contributed by atoms with Gasteiger partial charge < -0.3 is 18.6 Å². The summed E-state index contributed by atoms with van der Waals surface area (Å²) in [5, 5.41) is 0. The van der Waals surface area contributed by atoms with Crippen molar-refractivity contribution in [1.82, 2.24) is 9.47 Å². The minimum atomic E-state index is -0.644. The van der Waals surface area contributed by atoms with E-state index in [-0.39, 0.29) is 24.7 Å². The number of morpholine rings is 1. The van der Waals surface area contributed by atoms with Crippen molar-refractivity contribution < 1.29 is 22.7 Å². The minimum Gasteiger partial charge on any atom is -0.460 e. The first kappa shape index (κ1) is 18.7. The van der Waals surface area contributed by atoms with Crippen molar-refractivity contribution in [2.75, 3.05) is 13.1 Å². The lowest BCUT2D eigenvalue weighted by Crippen LogP contribution is -2.48. The maximum atomic E-state index is 14.2. The molecule has 1 aromatic carbocycles. The number of amides is 1. The molecule has 0 spiro atoms. The van der Waals surface area contributed by atoms with Crippen LogP contribution >= 0.6 is 0 Å². The van der Waals surface area contributed by atoms with Gasteiger partial charge in [0.15, 0.2) is 5.58 Å². The van der Waals surface area contributed by atoms with Crippen molar-refractivity contribution in [3.8, 4) is 0 Å². The van der Waals surface area contributed by atoms with E-state index in [0.717, 1.165) is 6.07 Å². The van der Waals surface area contributed by atoms with E-state index in [4.69, 9.17) is 9.15 Å². The molecule has 3 aromatic rings. The second-order valence-corrected chi connectivity index (χ2v) is 7.43. The van der Waals surface area contributed by atoms with Crippen LogP contribution in [-0.2, 0) is 11.3 Å². The number of aromatic nitrogens is 1. The number of halogens is 2. The van der Waals surface area contributed by atoms with Gasteiger partial charge >= 0.3 is 0 Å². The van der Waals surface area contributed by atoms with E-state index in [1.54, 1.807) is 15.5 Å². The molecule has 2 unspecified atom stereocenters. The molecule has 1 saturated heterocycles. The Morgan fingerprint density at radius 2 is 1.86 bits per heavy atom. The van der Waals surface area contributed by atoms with Crippen LogP contribution in [0.2, 0.25) is 0 Å². The summed E-state index contributed by atoms with van der Waals surface area (Å²) in [6, 6.07) is 6.97. The molecule has 0 radical (unpaired) electrons. The summed E-state index contributed by atoms with van der Waals surface area (Å²) >= 11 is 0. The second-order valence-electron chi connectivity index (χ2n) is 7.43. The standard InChI is InChI=1S/C21H22F2N2O3/c1-12-6-18-20(28-12)8-19(21(26)24-9-13(2)27-14(3)10-24)25(18)11-15-4-5-16(22)7-17(15)23/h4-8,13-14H,9-11H2,1-3H3. The van der Waals surface area contributed by atoms with Gasteiger partial charge in [-0.25, -0.2) is 8.78 Å². The van der Waals surface area contributed by atoms with Crippen LogP contribution in [0.15, 0.2) is 34.7 Å². The van der Waals surface area contributed by atoms with Gasteiger partial charge in [0.1, 0.15) is 23.1 Å². The monoisotopic (exact) mass is 388 g/mol. The normalized spacial score (nSPS) is 20.1. The molecule has 4 rings (SSSR count). The number of hydrogen-bond acceptors (Lipinski definition) is 3. The van der Waals surface area contributed by atoms with Gasteiger partial charge in [-0.3, -0.25) is 4.79 Å². The van der Waals surface area contributed by atoms with Crippen LogP contribution in [0, 0.1) is 18.6 Å². The largest absolute Gasteiger partial charge is 0.460 e. The van der Waals surface area contributed by atoms with E-state index in [2.05, 4.69) is 0 Å². The molecule has 0 N–H and O–H groups in total. The molecule has 1 fully saturated rings. The summed E-state index contributed by atoms with van der Waals surface area (Å²) < 4.78 is 40.6. The Bertz CT molecular complexity index is 1030. The van der Waals surface area contributed by atoms with Gasteiger partial charge in [0.05, 0.1) is 24.3 Å². The van der Waals surface area contributed by atoms with Crippen LogP contribution in [0.1, 0.15) is 35.7 Å². The van der Waals surface area contributed by atoms with Gasteiger partial charge in [0.2, 0.25) is 0 Å². The third-order valence-electron chi connectivity index (χ3n) is 4.98. The van der Waals surface area contributed by atoms with Gasteiger partial charge in [-0.1, -0.05) is 6.07 Å². The summed E-state index contributed by atoms with van der Waals surface area (Å²) in [5.74, 6) is -0.737. The molecule has 1 aliphatic heterocycles. The van der Waals surface area contributed by atoms with Crippen LogP contribution in [0.3, 0.4) is 0 Å². The van der Waals surface area contributed by atoms with Crippen molar-refractivity contribution in [2.45, 2.75) is 39.5 Å². The smallest absolute Gasteiger partial charge is 0.270 e. The van der Waals surface area contributed by atoms with E-state index in [9.17, 15) is 13.6 Å². The van der Waals surface area contributed by atoms with Crippen molar-refractivity contribution in [3.05, 3.63) is 59.0 Å². The van der Waals surface area contributed by atoms with E-state index in [1.807, 2.05) is 26.8 Å². The summed E-state index contributed by atoms with van der Waals surface area (Å²) in [7, 11) is 0. The highest BCUT2D eigenvalue weighted by atomic mass is 19.1. The van der Waals surface area contributed by atoms with E-state index >= 15 is 0 Å². The quantitative estimate of drug-likeness (QED) is 0.678. The fourth-order valence-corrected chi connectivity index (χ4v) is 3.84. The SMILES string of the molecule is Cc1cc2c(cc(C(=O)N3CC(C)OC(C)C3)n2Cc2ccc(F)cc2F)o1. The number of benzene rings is 1. The van der Waals surface area contributed by atoms with E-state index in [1.165, 1.54) is 12.1 Å². The van der Waals surface area contributed by atoms with Gasteiger partial charge in [-0.15, -0.1) is 0 Å². The average Bonchev–Trinajstić information content (AvgIpc) is 3.12. The fraction of sp³-hybridized carbons (Fsp3) is 0.381. The number of nitrogens with zero attached hydrogens (tertiary/aromatic N) is 2. The van der Waals surface area contributed by atoms with Crippen LogP contribution < -0.4 is 0 Å². The first-order valence-electron chi connectivity index (χ1n) is 9.30. The third kappa shape index (κ3) is 3.42. The summed E-state index contributed by atoms with van der Waals surface area (Å²) in [4.78, 5) is 15.0. The molecule has 2 atom stereocenters. The highest BCUT2D eigenvalue weighted by Crippen LogP contribution is 2.27. The van der Waals surface area contributed by atoms with Gasteiger partial charge in [-0.05, 0) is 26.8 Å². The maximum absolute atomic E-state index is 14.2. The number of furan rings is 1. The lowest BCUT2D eigenvalue weighted by molar-refractivity contribution is -0.0588. The predicted octanol–water partition coefficient (Wildman–Crippen LogP) is 4.12. The highest BCUT2D eigenvalue weighted by Gasteiger charge is 2.29. The third-order valence-corrected chi connectivity index (χ3v) is 4.98. The summed E-state index contributed by atoms with van der Waals surface area (Å²) in [6.45, 7) is 6.75. The van der Waals surface area contributed by atoms with Crippen LogP contribution in [0.5, 0.6) is 0 Å². The number of hydrogen-bond donors (Lipinski definition) is 0. The molecule has 148 valence electrons. The minimum absolute atomic E-state index is 0.0594. The Balaban J connectivity index is 1.75. The summed E-state index contributed by atoms with van der Waals surface area (Å²) in [6.07, 6.45) is -0.119. The number of ether oxygens (including phenoxy) is 1. The molecule has 0 saturated carbocycles. The van der Waals surface area contributed by atoms with E-state index in [0.29, 0.717) is 41.2 Å². The first-order chi connectivity index (χ1) is 13.3. The molecule has 5 nitrogen and oxygen atoms in total. The van der Waals surface area contributed by atoms with Gasteiger partial charge in [0, 0.05) is 36.9 Å². The lowest BCUT2D eigenvalue weighted by Gasteiger charge is -2.35. The van der Waals surface area contributed by atoms with Crippen molar-refractivity contribution >= 4 is 17.0 Å². The Morgan fingerprint density at radius 3 is 2.54 bits per heavy atom. The van der Waals surface area contributed by atoms with Crippen LogP contribution in [0.25, 0.3) is 11.1 Å². The molecule has 1 aliphatic rings. The zero-order valence-corrected chi connectivity index (χ0v) is 16.0. The second kappa shape index (κ2) is 7.05. The number of fused-ring (bicyclic) bond motifs is 1. The highest BCUT2D eigenvalue weighted by molar-refractivity contribution is 5.97. The number of aryl methyl sites for hydroxylation is 1. The van der Waals surface area contributed by atoms with Crippen LogP contribution in [0.4, 0.5) is 8.78 Å². The number of carbonyl (C=O) groups is 1. The van der Waals surface area contributed by atoms with Gasteiger partial charge in [-0.2, -0.15) is 0 Å². The fourth-order valence-electron chi connectivity index (χ4n) is 3.84. The molecule has 2 aromatic heterocycles. The zero-order chi connectivity index (χ0) is 20.0. The topological polar surface area (TPSA) is 47.6 Å². The van der Waals surface area contributed by atoms with Crippen molar-refractivity contribution in [3.63, 3.8) is 0 Å². The molecule has 28 heavy (non-hydrogen) atoms. The van der Waals surface area contributed by atoms with Gasteiger partial charge in [0.25, 0.3) is 5.91 Å². The Hall–Kier alpha value is -2.67. The number of rotatable bonds is 3. The molecule has 1 amide bonds. The first-order valence-corrected chi connectivity index (χ1v) is 9.30. The Labute approximate surface area is 161 Å². The molecular formula is C21H22F2N2O3. The molecular weight excluding hydrogens is 366 g/mol. The average molecular weight is 388 g/mol. The number of carbonyl (C=O) groups excluding carboxylic acids is 1. The molecule has 0 bridgehead atoms. The predicted molar refractivity (Wildman–Crippen MR) is 100 cm³/mol. The van der Waals surface area contributed by atoms with Crippen molar-refractivity contribution in [1.29, 1.82) is 0 Å². The Kier molecular flexibility index (Phi) is 4.71. The van der Waals surface area contributed by atoms with Crippen LogP contribution in [-0.4, -0.2) is 40.7 Å². The molecule has 7 heteroatoms. The Morgan fingerprint density at radius 1 is 1.14 bits per heavy atom. The molecule has 0 aliphatic carbocycles. The van der Waals surface area contributed by atoms with E-state index < -0.39 is 11.6 Å². The van der Waals surface area contributed by atoms with Crippen molar-refractivity contribution in [2.24, 2.45) is 0 Å². The zero-order valence-electron chi connectivity index (χ0n) is 16.0. The molecule has 3 heterocycles. The lowest BCUT2D eigenvalue weighted by atomic mass is 10.2. The summed E-state index contributed by atoms with van der Waals surface area (Å²) in [5.41, 5.74) is 1.99. The maximum Gasteiger partial charge on any atom is 0.270 e.